The fourth-order valence-corrected chi connectivity index (χ4v) is 5.65. The number of aliphatic hydroxyl groups is 1. The number of pyridine rings is 1. The number of aromatic nitrogens is 3. The van der Waals surface area contributed by atoms with Gasteiger partial charge in [-0.25, -0.2) is 14.8 Å². The second-order valence-corrected chi connectivity index (χ2v) is 9.94. The number of ether oxygens (including phenoxy) is 2. The lowest BCUT2D eigenvalue weighted by Gasteiger charge is -2.23. The molecule has 1 amide bonds. The Balaban J connectivity index is 1.75. The van der Waals surface area contributed by atoms with Crippen molar-refractivity contribution in [1.29, 1.82) is 0 Å². The third-order valence-electron chi connectivity index (χ3n) is 6.38. The normalized spacial score (nSPS) is 16.7. The molecule has 4 aromatic rings. The van der Waals surface area contributed by atoms with E-state index >= 15 is 0 Å². The second kappa shape index (κ2) is 10.3. The van der Waals surface area contributed by atoms with Gasteiger partial charge >= 0.3 is 11.9 Å². The molecule has 5 rings (SSSR count). The molecule has 39 heavy (non-hydrogen) atoms. The lowest BCUT2D eigenvalue weighted by molar-refractivity contribution is -0.132. The van der Waals surface area contributed by atoms with Crippen molar-refractivity contribution in [3.05, 3.63) is 81.8 Å². The maximum Gasteiger partial charge on any atom is 0.350 e. The van der Waals surface area contributed by atoms with E-state index in [2.05, 4.69) is 9.97 Å². The summed E-state index contributed by atoms with van der Waals surface area (Å²) in [5.41, 5.74) is 2.15. The van der Waals surface area contributed by atoms with Crippen LogP contribution in [0.2, 0.25) is 0 Å². The molecule has 0 bridgehead atoms. The Bertz CT molecular complexity index is 1650. The highest BCUT2D eigenvalue weighted by Crippen LogP contribution is 2.44. The Labute approximate surface area is 228 Å². The van der Waals surface area contributed by atoms with Crippen molar-refractivity contribution in [2.75, 3.05) is 18.6 Å². The number of carbonyl (C=O) groups excluding carboxylic acids is 3. The van der Waals surface area contributed by atoms with Crippen molar-refractivity contribution >= 4 is 45.5 Å². The fourth-order valence-electron chi connectivity index (χ4n) is 4.63. The van der Waals surface area contributed by atoms with Crippen molar-refractivity contribution in [1.82, 2.24) is 14.4 Å². The summed E-state index contributed by atoms with van der Waals surface area (Å²) in [6.45, 7) is 5.82. The van der Waals surface area contributed by atoms with Crippen LogP contribution in [0, 0.1) is 13.8 Å². The highest BCUT2D eigenvalue weighted by atomic mass is 32.1. The summed E-state index contributed by atoms with van der Waals surface area (Å²) in [7, 11) is 1.26. The number of thiazole rings is 1. The third-order valence-corrected chi connectivity index (χ3v) is 7.52. The fraction of sp³-hybridized carbons (Fsp3) is 0.250. The van der Waals surface area contributed by atoms with Crippen LogP contribution in [-0.2, 0) is 14.3 Å². The smallest absolute Gasteiger partial charge is 0.350 e. The lowest BCUT2D eigenvalue weighted by atomic mass is 9.96. The molecule has 3 aromatic heterocycles. The minimum Gasteiger partial charge on any atom is -0.505 e. The largest absolute Gasteiger partial charge is 0.505 e. The topological polar surface area (TPSA) is 123 Å². The second-order valence-electron chi connectivity index (χ2n) is 8.97. The molecule has 1 aliphatic rings. The van der Waals surface area contributed by atoms with E-state index < -0.39 is 23.7 Å². The molecule has 1 fully saturated rings. The number of amides is 1. The number of fused-ring (bicyclic) bond motifs is 1. The van der Waals surface area contributed by atoms with Crippen molar-refractivity contribution < 1.29 is 29.0 Å². The first-order valence-corrected chi connectivity index (χ1v) is 13.1. The average molecular weight is 547 g/mol. The van der Waals surface area contributed by atoms with Gasteiger partial charge in [-0.3, -0.25) is 18.9 Å². The van der Waals surface area contributed by atoms with Gasteiger partial charge in [0.2, 0.25) is 0 Å². The van der Waals surface area contributed by atoms with Gasteiger partial charge in [-0.05, 0) is 50.1 Å². The summed E-state index contributed by atoms with van der Waals surface area (Å²) in [6.07, 6.45) is 2.52. The molecule has 1 saturated heterocycles. The number of aliphatic hydroxyl groups excluding tert-OH is 1. The quantitative estimate of drug-likeness (QED) is 0.154. The Morgan fingerprint density at radius 2 is 1.90 bits per heavy atom. The van der Waals surface area contributed by atoms with Crippen LogP contribution in [0.15, 0.2) is 54.2 Å². The molecule has 0 aliphatic carbocycles. The van der Waals surface area contributed by atoms with E-state index in [1.54, 1.807) is 60.8 Å². The summed E-state index contributed by atoms with van der Waals surface area (Å²) < 4.78 is 12.3. The van der Waals surface area contributed by atoms with Crippen LogP contribution in [0.3, 0.4) is 0 Å². The first kappa shape index (κ1) is 26.1. The van der Waals surface area contributed by atoms with Crippen LogP contribution in [-0.4, -0.2) is 50.9 Å². The zero-order chi connectivity index (χ0) is 27.8. The van der Waals surface area contributed by atoms with Gasteiger partial charge in [-0.15, -0.1) is 0 Å². The Kier molecular flexibility index (Phi) is 6.92. The number of anilines is 1. The van der Waals surface area contributed by atoms with E-state index in [1.807, 2.05) is 13.0 Å². The number of methoxy groups -OCH3 is 1. The van der Waals surface area contributed by atoms with Crippen molar-refractivity contribution in [3.8, 4) is 5.75 Å². The number of benzene rings is 1. The lowest BCUT2D eigenvalue weighted by Crippen LogP contribution is -2.29. The number of Topliss-reactive ketones (excluding diaryl/α,β-unsaturated/α-hetero) is 1. The zero-order valence-electron chi connectivity index (χ0n) is 21.8. The van der Waals surface area contributed by atoms with Gasteiger partial charge in [-0.2, -0.15) is 0 Å². The molecule has 1 unspecified atom stereocenters. The molecular formula is C28H26N4O6S. The van der Waals surface area contributed by atoms with Crippen LogP contribution < -0.4 is 9.64 Å². The number of rotatable bonds is 7. The van der Waals surface area contributed by atoms with Gasteiger partial charge in [0, 0.05) is 6.20 Å². The van der Waals surface area contributed by atoms with Crippen LogP contribution in [0.25, 0.3) is 11.4 Å². The number of ketones is 1. The summed E-state index contributed by atoms with van der Waals surface area (Å²) in [4.78, 5) is 49.8. The summed E-state index contributed by atoms with van der Waals surface area (Å²) in [5, 5.41) is 11.8. The molecule has 10 nitrogen and oxygen atoms in total. The highest BCUT2D eigenvalue weighted by Gasteiger charge is 2.49. The number of aryl methyl sites for hydroxylation is 2. The Morgan fingerprint density at radius 1 is 1.10 bits per heavy atom. The first-order valence-electron chi connectivity index (χ1n) is 12.3. The van der Waals surface area contributed by atoms with Crippen LogP contribution >= 0.6 is 11.3 Å². The molecule has 4 heterocycles. The van der Waals surface area contributed by atoms with Gasteiger partial charge in [0.15, 0.2) is 10.9 Å². The predicted octanol–water partition coefficient (Wildman–Crippen LogP) is 4.61. The number of hydrogen-bond donors (Lipinski definition) is 1. The molecule has 200 valence electrons. The molecule has 1 aliphatic heterocycles. The first-order chi connectivity index (χ1) is 18.8. The summed E-state index contributed by atoms with van der Waals surface area (Å²) >= 11 is 0.943. The summed E-state index contributed by atoms with van der Waals surface area (Å²) in [5.74, 6) is -2.16. The SMILES string of the molecule is CCCOc1cccc(C2/C(=C(\O)c3c(C)nc4ccccn34)C(=O)C(=O)N2c2nc(C)c(C(=O)OC)s2)c1. The number of hydrogen-bond acceptors (Lipinski definition) is 9. The van der Waals surface area contributed by atoms with E-state index in [0.29, 0.717) is 40.6 Å². The molecule has 1 atom stereocenters. The molecule has 1 N–H and O–H groups in total. The molecule has 1 aromatic carbocycles. The molecule has 0 spiro atoms. The van der Waals surface area contributed by atoms with Gasteiger partial charge in [-0.1, -0.05) is 36.5 Å². The van der Waals surface area contributed by atoms with Gasteiger partial charge in [0.25, 0.3) is 5.78 Å². The molecular weight excluding hydrogens is 520 g/mol. The average Bonchev–Trinajstić information content (AvgIpc) is 3.57. The van der Waals surface area contributed by atoms with Gasteiger partial charge in [0.1, 0.15) is 22.0 Å². The van der Waals surface area contributed by atoms with Crippen LogP contribution in [0.4, 0.5) is 5.13 Å². The number of esters is 1. The Hall–Kier alpha value is -4.51. The standard InChI is InChI=1S/C28H26N4O6S/c1-5-13-38-18-10-8-9-17(14-18)22-20(23(33)21-15(2)29-19-11-6-7-12-31(19)21)24(34)26(35)32(22)28-30-16(3)25(39-28)27(36)37-4/h6-12,14,22,33H,5,13H2,1-4H3/b23-20+. The number of carbonyl (C=O) groups is 3. The van der Waals surface area contributed by atoms with Crippen molar-refractivity contribution in [2.45, 2.75) is 33.2 Å². The minimum atomic E-state index is -1.04. The highest BCUT2D eigenvalue weighted by molar-refractivity contribution is 7.17. The maximum absolute atomic E-state index is 13.6. The maximum atomic E-state index is 13.6. The molecule has 0 radical (unpaired) electrons. The van der Waals surface area contributed by atoms with E-state index in [9.17, 15) is 19.5 Å². The summed E-state index contributed by atoms with van der Waals surface area (Å²) in [6, 6.07) is 11.4. The zero-order valence-corrected chi connectivity index (χ0v) is 22.6. The number of nitrogens with zero attached hydrogens (tertiary/aromatic N) is 4. The minimum absolute atomic E-state index is 0.117. The van der Waals surface area contributed by atoms with E-state index in [4.69, 9.17) is 9.47 Å². The van der Waals surface area contributed by atoms with Crippen LogP contribution in [0.1, 0.15) is 51.7 Å². The molecule has 0 saturated carbocycles. The van der Waals surface area contributed by atoms with Crippen molar-refractivity contribution in [3.63, 3.8) is 0 Å². The monoisotopic (exact) mass is 546 g/mol. The van der Waals surface area contributed by atoms with Gasteiger partial charge < -0.3 is 14.6 Å². The Morgan fingerprint density at radius 3 is 2.64 bits per heavy atom. The van der Waals surface area contributed by atoms with Crippen molar-refractivity contribution in [2.24, 2.45) is 0 Å². The van der Waals surface area contributed by atoms with Gasteiger partial charge in [0.05, 0.1) is 36.7 Å². The van der Waals surface area contributed by atoms with E-state index in [1.165, 1.54) is 12.0 Å². The third kappa shape index (κ3) is 4.44. The van der Waals surface area contributed by atoms with Crippen LogP contribution in [0.5, 0.6) is 5.75 Å². The van der Waals surface area contributed by atoms with E-state index in [-0.39, 0.29) is 21.3 Å². The van der Waals surface area contributed by atoms with E-state index in [0.717, 1.165) is 17.8 Å². The molecule has 11 heteroatoms. The predicted molar refractivity (Wildman–Crippen MR) is 145 cm³/mol. The number of imidazole rings is 1.